The van der Waals surface area contributed by atoms with Gasteiger partial charge in [0, 0.05) is 6.54 Å². The molecule has 0 amide bonds. The molecular formula is C7H13NO. The van der Waals surface area contributed by atoms with Gasteiger partial charge in [-0.05, 0) is 20.4 Å². The first-order valence-corrected chi connectivity index (χ1v) is 3.36. The Morgan fingerprint density at radius 3 is 2.22 bits per heavy atom. The maximum absolute atomic E-state index is 10.9. The van der Waals surface area contributed by atoms with E-state index in [-0.39, 0.29) is 5.54 Å². The molecular weight excluding hydrogens is 114 g/mol. The van der Waals surface area contributed by atoms with Crippen molar-refractivity contribution in [2.75, 3.05) is 13.6 Å². The van der Waals surface area contributed by atoms with Gasteiger partial charge in [0.2, 0.25) is 0 Å². The van der Waals surface area contributed by atoms with Crippen LogP contribution in [0.5, 0.6) is 0 Å². The fraction of sp³-hybridized carbons (Fsp3) is 0.857. The van der Waals surface area contributed by atoms with Gasteiger partial charge in [-0.3, -0.25) is 9.69 Å². The molecule has 1 aliphatic rings. The molecule has 0 aromatic heterocycles. The lowest BCUT2D eigenvalue weighted by molar-refractivity contribution is -0.120. The monoisotopic (exact) mass is 127 g/mol. The molecule has 0 aromatic carbocycles. The van der Waals surface area contributed by atoms with Crippen molar-refractivity contribution in [3.63, 3.8) is 0 Å². The third kappa shape index (κ3) is 0.778. The Kier molecular flexibility index (Phi) is 1.35. The van der Waals surface area contributed by atoms with E-state index in [9.17, 15) is 4.79 Å². The van der Waals surface area contributed by atoms with Gasteiger partial charge >= 0.3 is 0 Å². The summed E-state index contributed by atoms with van der Waals surface area (Å²) in [5, 5.41) is 0. The highest BCUT2D eigenvalue weighted by Gasteiger charge is 2.51. The van der Waals surface area contributed by atoms with E-state index in [1.165, 1.54) is 0 Å². The fourth-order valence-electron chi connectivity index (χ4n) is 1.37. The van der Waals surface area contributed by atoms with Crippen molar-refractivity contribution in [3.05, 3.63) is 0 Å². The van der Waals surface area contributed by atoms with E-state index in [0.29, 0.717) is 5.78 Å². The number of Topliss-reactive ketones (excluding diaryl/α,β-unsaturated/α-hetero) is 1. The zero-order chi connectivity index (χ0) is 7.07. The summed E-state index contributed by atoms with van der Waals surface area (Å²) >= 11 is 0. The van der Waals surface area contributed by atoms with Gasteiger partial charge in [0.15, 0.2) is 5.78 Å². The van der Waals surface area contributed by atoms with Crippen LogP contribution < -0.4 is 0 Å². The number of hydrogen-bond acceptors (Lipinski definition) is 2. The summed E-state index contributed by atoms with van der Waals surface area (Å²) < 4.78 is 0. The average Bonchev–Trinajstić information content (AvgIpc) is 2.43. The van der Waals surface area contributed by atoms with Crippen LogP contribution in [0.3, 0.4) is 0 Å². The number of hydrogen-bond donors (Lipinski definition) is 0. The molecule has 0 aliphatic carbocycles. The molecule has 2 atom stereocenters. The number of carbonyl (C=O) groups excluding carboxylic acids is 1. The smallest absolute Gasteiger partial charge is 0.151 e. The highest BCUT2D eigenvalue weighted by molar-refractivity contribution is 5.89. The molecule has 1 fully saturated rings. The number of nitrogens with zero attached hydrogens (tertiary/aromatic N) is 1. The summed E-state index contributed by atoms with van der Waals surface area (Å²) in [7, 11) is 1.99. The number of likely N-dealkylation sites (N-methyl/N-ethyl adjacent to an activating group) is 1. The highest BCUT2D eigenvalue weighted by atomic mass is 16.1. The lowest BCUT2D eigenvalue weighted by Crippen LogP contribution is -2.24. The van der Waals surface area contributed by atoms with Gasteiger partial charge in [-0.15, -0.1) is 0 Å². The van der Waals surface area contributed by atoms with Crippen LogP contribution in [0.1, 0.15) is 20.3 Å². The molecule has 2 heteroatoms. The van der Waals surface area contributed by atoms with E-state index in [0.717, 1.165) is 13.0 Å². The molecule has 1 aliphatic heterocycles. The van der Waals surface area contributed by atoms with Crippen molar-refractivity contribution in [3.8, 4) is 0 Å². The van der Waals surface area contributed by atoms with Gasteiger partial charge in [0.1, 0.15) is 0 Å². The third-order valence-electron chi connectivity index (χ3n) is 2.37. The first kappa shape index (κ1) is 6.75. The fourth-order valence-corrected chi connectivity index (χ4v) is 1.37. The lowest BCUT2D eigenvalue weighted by atomic mass is 10.0. The zero-order valence-corrected chi connectivity index (χ0v) is 6.27. The van der Waals surface area contributed by atoms with Crippen molar-refractivity contribution in [2.24, 2.45) is 0 Å². The molecule has 0 radical (unpaired) electrons. The van der Waals surface area contributed by atoms with Crippen LogP contribution in [-0.4, -0.2) is 29.8 Å². The molecule has 0 aromatic rings. The third-order valence-corrected chi connectivity index (χ3v) is 2.37. The Labute approximate surface area is 55.8 Å². The Morgan fingerprint density at radius 1 is 1.78 bits per heavy atom. The maximum Gasteiger partial charge on any atom is 0.151 e. The minimum absolute atomic E-state index is 0.0556. The van der Waals surface area contributed by atoms with Crippen molar-refractivity contribution >= 4 is 5.78 Å². The van der Waals surface area contributed by atoms with E-state index in [4.69, 9.17) is 0 Å². The van der Waals surface area contributed by atoms with Gasteiger partial charge in [0.25, 0.3) is 0 Å². The molecule has 0 bridgehead atoms. The molecule has 0 N–H and O–H groups in total. The normalized spacial score (nSPS) is 40.6. The molecule has 1 heterocycles. The SMILES string of the molecule is CCC1(C(C)=O)CN1C. The van der Waals surface area contributed by atoms with Gasteiger partial charge in [-0.2, -0.15) is 0 Å². The standard InChI is InChI=1S/C7H13NO/c1-4-7(6(2)9)5-8(7)3/h4-5H2,1-3H3. The number of carbonyl (C=O) groups is 1. The second-order valence-electron chi connectivity index (χ2n) is 2.80. The molecule has 2 unspecified atom stereocenters. The minimum atomic E-state index is -0.0556. The van der Waals surface area contributed by atoms with E-state index < -0.39 is 0 Å². The van der Waals surface area contributed by atoms with Crippen LogP contribution >= 0.6 is 0 Å². The van der Waals surface area contributed by atoms with E-state index in [1.54, 1.807) is 6.92 Å². The van der Waals surface area contributed by atoms with E-state index in [1.807, 2.05) is 7.05 Å². The minimum Gasteiger partial charge on any atom is -0.298 e. The topological polar surface area (TPSA) is 20.1 Å². The number of rotatable bonds is 2. The van der Waals surface area contributed by atoms with E-state index in [2.05, 4.69) is 11.8 Å². The van der Waals surface area contributed by atoms with Gasteiger partial charge < -0.3 is 0 Å². The van der Waals surface area contributed by atoms with Crippen LogP contribution in [0.15, 0.2) is 0 Å². The maximum atomic E-state index is 10.9. The Bertz CT molecular complexity index is 140. The summed E-state index contributed by atoms with van der Waals surface area (Å²) in [5.74, 6) is 0.313. The second-order valence-corrected chi connectivity index (χ2v) is 2.80. The molecule has 2 nitrogen and oxygen atoms in total. The average molecular weight is 127 g/mol. The van der Waals surface area contributed by atoms with Gasteiger partial charge in [-0.1, -0.05) is 6.92 Å². The highest BCUT2D eigenvalue weighted by Crippen LogP contribution is 2.33. The first-order chi connectivity index (χ1) is 4.13. The molecule has 0 spiro atoms. The summed E-state index contributed by atoms with van der Waals surface area (Å²) in [5.41, 5.74) is -0.0556. The molecule has 52 valence electrons. The van der Waals surface area contributed by atoms with Crippen molar-refractivity contribution in [2.45, 2.75) is 25.8 Å². The summed E-state index contributed by atoms with van der Waals surface area (Å²) in [6, 6.07) is 0. The largest absolute Gasteiger partial charge is 0.298 e. The van der Waals surface area contributed by atoms with Gasteiger partial charge in [-0.25, -0.2) is 0 Å². The van der Waals surface area contributed by atoms with Crippen LogP contribution in [0.25, 0.3) is 0 Å². The van der Waals surface area contributed by atoms with Crippen LogP contribution in [-0.2, 0) is 4.79 Å². The van der Waals surface area contributed by atoms with Crippen LogP contribution in [0.4, 0.5) is 0 Å². The summed E-state index contributed by atoms with van der Waals surface area (Å²) in [6.07, 6.45) is 0.957. The van der Waals surface area contributed by atoms with Crippen molar-refractivity contribution < 1.29 is 4.79 Å². The predicted octanol–water partition coefficient (Wildman–Crippen LogP) is 0.670. The van der Waals surface area contributed by atoms with E-state index >= 15 is 0 Å². The lowest BCUT2D eigenvalue weighted by Gasteiger charge is -2.06. The van der Waals surface area contributed by atoms with Gasteiger partial charge in [0.05, 0.1) is 5.54 Å². The summed E-state index contributed by atoms with van der Waals surface area (Å²) in [4.78, 5) is 13.0. The molecule has 1 rings (SSSR count). The Hall–Kier alpha value is -0.370. The zero-order valence-electron chi connectivity index (χ0n) is 6.27. The quantitative estimate of drug-likeness (QED) is 0.508. The number of ketones is 1. The van der Waals surface area contributed by atoms with Crippen molar-refractivity contribution in [1.82, 2.24) is 4.90 Å². The Balaban J connectivity index is 2.62. The van der Waals surface area contributed by atoms with Crippen molar-refractivity contribution in [1.29, 1.82) is 0 Å². The Morgan fingerprint density at radius 2 is 2.22 bits per heavy atom. The first-order valence-electron chi connectivity index (χ1n) is 3.36. The molecule has 0 saturated carbocycles. The summed E-state index contributed by atoms with van der Waals surface area (Å²) in [6.45, 7) is 4.69. The molecule has 1 saturated heterocycles. The predicted molar refractivity (Wildman–Crippen MR) is 36.3 cm³/mol. The van der Waals surface area contributed by atoms with Crippen LogP contribution in [0, 0.1) is 0 Å². The molecule has 9 heavy (non-hydrogen) atoms. The van der Waals surface area contributed by atoms with Crippen LogP contribution in [0.2, 0.25) is 0 Å². The second kappa shape index (κ2) is 1.81.